The van der Waals surface area contributed by atoms with Crippen LogP contribution in [-0.4, -0.2) is 37.9 Å². The highest BCUT2D eigenvalue weighted by atomic mass is 28.4. The van der Waals surface area contributed by atoms with Crippen LogP contribution in [0, 0.1) is 0 Å². The van der Waals surface area contributed by atoms with E-state index in [1.807, 2.05) is 0 Å². The van der Waals surface area contributed by atoms with Gasteiger partial charge in [0.2, 0.25) is 0 Å². The van der Waals surface area contributed by atoms with Gasteiger partial charge in [0.15, 0.2) is 14.6 Å². The van der Waals surface area contributed by atoms with Crippen LogP contribution in [0.5, 0.6) is 0 Å². The third kappa shape index (κ3) is 3.36. The first kappa shape index (κ1) is 18.2. The lowest BCUT2D eigenvalue weighted by molar-refractivity contribution is -0.277. The van der Waals surface area contributed by atoms with Gasteiger partial charge in [0.05, 0.1) is 0 Å². The van der Waals surface area contributed by atoms with E-state index in [9.17, 15) is 9.59 Å². The van der Waals surface area contributed by atoms with Gasteiger partial charge in [-0.15, -0.1) is 0 Å². The number of carbonyl (C=O) groups excluding carboxylic acids is 2. The van der Waals surface area contributed by atoms with Crippen molar-refractivity contribution < 1.29 is 28.2 Å². The molecule has 2 aliphatic rings. The Hall–Kier alpha value is -1.18. The Morgan fingerprint density at radius 1 is 1.17 bits per heavy atom. The monoisotopic (exact) mass is 342 g/mol. The standard InChI is InChI=1S/C16H26O6Si/c1-14(2,3)23(6,7)22-11-9-8-10-16(19-11)12(17)20-15(4,5)21-13(16)18/h8-9,11H,10H2,1-7H3/t11-/m1/s1. The molecule has 0 aromatic heterocycles. The van der Waals surface area contributed by atoms with Crippen LogP contribution in [-0.2, 0) is 28.2 Å². The van der Waals surface area contributed by atoms with Crippen LogP contribution in [0.4, 0.5) is 0 Å². The molecule has 7 heteroatoms. The zero-order valence-corrected chi connectivity index (χ0v) is 15.9. The molecule has 0 saturated carbocycles. The van der Waals surface area contributed by atoms with Crippen molar-refractivity contribution >= 4 is 20.3 Å². The average Bonchev–Trinajstić information content (AvgIpc) is 2.34. The minimum Gasteiger partial charge on any atom is -0.420 e. The predicted molar refractivity (Wildman–Crippen MR) is 85.9 cm³/mol. The molecule has 1 atom stereocenters. The van der Waals surface area contributed by atoms with Crippen LogP contribution < -0.4 is 0 Å². The van der Waals surface area contributed by atoms with Gasteiger partial charge in [-0.25, -0.2) is 9.59 Å². The summed E-state index contributed by atoms with van der Waals surface area (Å²) in [6, 6.07) is 0. The van der Waals surface area contributed by atoms with Crippen molar-refractivity contribution in [1.82, 2.24) is 0 Å². The molecule has 23 heavy (non-hydrogen) atoms. The van der Waals surface area contributed by atoms with E-state index >= 15 is 0 Å². The van der Waals surface area contributed by atoms with E-state index in [1.54, 1.807) is 12.2 Å². The molecule has 2 heterocycles. The number of cyclic esters (lactones) is 2. The van der Waals surface area contributed by atoms with Gasteiger partial charge in [-0.2, -0.15) is 0 Å². The molecule has 2 rings (SSSR count). The Morgan fingerprint density at radius 2 is 1.70 bits per heavy atom. The molecule has 6 nitrogen and oxygen atoms in total. The fourth-order valence-corrected chi connectivity index (χ4v) is 3.20. The number of esters is 2. The highest BCUT2D eigenvalue weighted by molar-refractivity contribution is 6.74. The van der Waals surface area contributed by atoms with Crippen LogP contribution in [0.15, 0.2) is 12.2 Å². The quantitative estimate of drug-likeness (QED) is 0.333. The average molecular weight is 342 g/mol. The molecule has 0 N–H and O–H groups in total. The molecule has 0 bridgehead atoms. The molecule has 0 aliphatic carbocycles. The van der Waals surface area contributed by atoms with Crippen molar-refractivity contribution in [3.63, 3.8) is 0 Å². The zero-order chi connectivity index (χ0) is 17.7. The van der Waals surface area contributed by atoms with Gasteiger partial charge in [0.25, 0.3) is 11.4 Å². The van der Waals surface area contributed by atoms with Crippen molar-refractivity contribution in [3.05, 3.63) is 12.2 Å². The molecule has 0 radical (unpaired) electrons. The Labute approximate surface area is 138 Å². The molecule has 0 unspecified atom stereocenters. The first-order valence-corrected chi connectivity index (χ1v) is 10.7. The molecule has 0 aromatic rings. The maximum absolute atomic E-state index is 12.4. The number of ether oxygens (including phenoxy) is 3. The van der Waals surface area contributed by atoms with Gasteiger partial charge in [-0.3, -0.25) is 0 Å². The number of hydrogen-bond donors (Lipinski definition) is 0. The van der Waals surface area contributed by atoms with Gasteiger partial charge >= 0.3 is 11.9 Å². The van der Waals surface area contributed by atoms with E-state index in [4.69, 9.17) is 18.6 Å². The second kappa shape index (κ2) is 5.43. The number of rotatable bonds is 2. The SMILES string of the molecule is CC1(C)OC(=O)C2(CC=C[C@@H](O[Si](C)(C)C(C)(C)C)O2)C(=O)O1. The zero-order valence-electron chi connectivity index (χ0n) is 14.9. The highest BCUT2D eigenvalue weighted by Crippen LogP contribution is 2.40. The summed E-state index contributed by atoms with van der Waals surface area (Å²) in [5.41, 5.74) is -1.77. The van der Waals surface area contributed by atoms with Crippen LogP contribution in [0.2, 0.25) is 18.1 Å². The molecule has 0 amide bonds. The van der Waals surface area contributed by atoms with Gasteiger partial charge in [-0.05, 0) is 24.2 Å². The third-order valence-electron chi connectivity index (χ3n) is 4.57. The largest absolute Gasteiger partial charge is 0.420 e. The lowest BCUT2D eigenvalue weighted by Gasteiger charge is -2.44. The summed E-state index contributed by atoms with van der Waals surface area (Å²) in [7, 11) is -2.13. The van der Waals surface area contributed by atoms with E-state index in [1.165, 1.54) is 13.8 Å². The topological polar surface area (TPSA) is 71.1 Å². The molecule has 1 saturated heterocycles. The summed E-state index contributed by atoms with van der Waals surface area (Å²) < 4.78 is 22.3. The summed E-state index contributed by atoms with van der Waals surface area (Å²) in [4.78, 5) is 24.8. The normalized spacial score (nSPS) is 26.8. The van der Waals surface area contributed by atoms with Crippen LogP contribution >= 0.6 is 0 Å². The first-order chi connectivity index (χ1) is 10.3. The van der Waals surface area contributed by atoms with E-state index in [0.29, 0.717) is 0 Å². The molecular weight excluding hydrogens is 316 g/mol. The molecular formula is C16H26O6Si. The second-order valence-electron chi connectivity index (χ2n) is 8.00. The number of carbonyl (C=O) groups is 2. The number of hydrogen-bond acceptors (Lipinski definition) is 6. The van der Waals surface area contributed by atoms with Gasteiger partial charge in [0.1, 0.15) is 0 Å². The third-order valence-corrected chi connectivity index (χ3v) is 9.00. The second-order valence-corrected chi connectivity index (χ2v) is 12.8. The summed E-state index contributed by atoms with van der Waals surface area (Å²) in [5, 5.41) is -0.0234. The first-order valence-electron chi connectivity index (χ1n) is 7.78. The molecule has 1 fully saturated rings. The van der Waals surface area contributed by atoms with E-state index in [2.05, 4.69) is 33.9 Å². The fraction of sp³-hybridized carbons (Fsp3) is 0.750. The minimum absolute atomic E-state index is 0.0234. The minimum atomic E-state index is -2.13. The van der Waals surface area contributed by atoms with Crippen molar-refractivity contribution in [2.24, 2.45) is 0 Å². The van der Waals surface area contributed by atoms with Crippen molar-refractivity contribution in [2.45, 2.75) is 76.8 Å². The molecule has 1 spiro atoms. The molecule has 0 aromatic carbocycles. The summed E-state index contributed by atoms with van der Waals surface area (Å²) in [6.07, 6.45) is 2.75. The Kier molecular flexibility index (Phi) is 4.28. The van der Waals surface area contributed by atoms with Gasteiger partial charge < -0.3 is 18.6 Å². The molecule has 2 aliphatic heterocycles. The van der Waals surface area contributed by atoms with Gasteiger partial charge in [0, 0.05) is 20.3 Å². The lowest BCUT2D eigenvalue weighted by atomic mass is 9.96. The fourth-order valence-electron chi connectivity index (χ4n) is 2.14. The summed E-state index contributed by atoms with van der Waals surface area (Å²) >= 11 is 0. The summed E-state index contributed by atoms with van der Waals surface area (Å²) in [6.45, 7) is 13.5. The molecule has 130 valence electrons. The lowest BCUT2D eigenvalue weighted by Crippen LogP contribution is -2.62. The highest BCUT2D eigenvalue weighted by Gasteiger charge is 2.59. The maximum Gasteiger partial charge on any atom is 0.354 e. The summed E-state index contributed by atoms with van der Waals surface area (Å²) in [5.74, 6) is -2.74. The van der Waals surface area contributed by atoms with Crippen molar-refractivity contribution in [3.8, 4) is 0 Å². The Balaban J connectivity index is 2.21. The smallest absolute Gasteiger partial charge is 0.354 e. The van der Waals surface area contributed by atoms with Crippen molar-refractivity contribution in [1.29, 1.82) is 0 Å². The van der Waals surface area contributed by atoms with Crippen LogP contribution in [0.3, 0.4) is 0 Å². The van der Waals surface area contributed by atoms with E-state index in [-0.39, 0.29) is 11.5 Å². The van der Waals surface area contributed by atoms with Crippen molar-refractivity contribution in [2.75, 3.05) is 0 Å². The maximum atomic E-state index is 12.4. The van der Waals surface area contributed by atoms with Crippen LogP contribution in [0.1, 0.15) is 41.0 Å². The van der Waals surface area contributed by atoms with Gasteiger partial charge in [-0.1, -0.05) is 26.8 Å². The van der Waals surface area contributed by atoms with E-state index < -0.39 is 37.9 Å². The van der Waals surface area contributed by atoms with Crippen LogP contribution in [0.25, 0.3) is 0 Å². The Bertz CT molecular complexity index is 523. The van der Waals surface area contributed by atoms with E-state index in [0.717, 1.165) is 0 Å². The predicted octanol–water partition coefficient (Wildman–Crippen LogP) is 2.89. The Morgan fingerprint density at radius 3 is 2.17 bits per heavy atom.